The van der Waals surface area contributed by atoms with Gasteiger partial charge in [0.05, 0.1) is 20.3 Å². The summed E-state index contributed by atoms with van der Waals surface area (Å²) in [5.41, 5.74) is 1.07. The number of hydrogen-bond acceptors (Lipinski definition) is 3. The molecule has 0 aliphatic rings. The Kier molecular flexibility index (Phi) is 4.62. The molecule has 0 radical (unpaired) electrons. The molecule has 90 valence electrons. The van der Waals surface area contributed by atoms with E-state index in [-0.39, 0.29) is 12.0 Å². The van der Waals surface area contributed by atoms with Crippen LogP contribution in [0.1, 0.15) is 19.4 Å². The van der Waals surface area contributed by atoms with Crippen molar-refractivity contribution < 1.29 is 14.6 Å². The third kappa shape index (κ3) is 3.14. The fraction of sp³-hybridized carbons (Fsp3) is 0.538. The molecule has 0 spiro atoms. The number of rotatable bonds is 5. The van der Waals surface area contributed by atoms with Crippen molar-refractivity contribution in [2.24, 2.45) is 5.92 Å². The van der Waals surface area contributed by atoms with E-state index in [2.05, 4.69) is 0 Å². The molecular formula is C13H20O3. The predicted octanol–water partition coefficient (Wildman–Crippen LogP) is 2.26. The summed E-state index contributed by atoms with van der Waals surface area (Å²) in [6.45, 7) is 3.82. The molecule has 16 heavy (non-hydrogen) atoms. The third-order valence-corrected chi connectivity index (χ3v) is 2.85. The van der Waals surface area contributed by atoms with Gasteiger partial charge in [0.15, 0.2) is 0 Å². The highest BCUT2D eigenvalue weighted by Crippen LogP contribution is 2.26. The van der Waals surface area contributed by atoms with E-state index in [0.717, 1.165) is 23.5 Å². The Morgan fingerprint density at radius 3 is 2.38 bits per heavy atom. The van der Waals surface area contributed by atoms with Crippen molar-refractivity contribution in [3.05, 3.63) is 23.8 Å². The molecule has 0 amide bonds. The van der Waals surface area contributed by atoms with Crippen LogP contribution in [-0.4, -0.2) is 25.4 Å². The zero-order valence-electron chi connectivity index (χ0n) is 10.4. The average molecular weight is 224 g/mol. The lowest BCUT2D eigenvalue weighted by atomic mass is 9.96. The summed E-state index contributed by atoms with van der Waals surface area (Å²) in [7, 11) is 3.29. The van der Waals surface area contributed by atoms with E-state index in [0.29, 0.717) is 0 Å². The Labute approximate surface area is 97.0 Å². The minimum Gasteiger partial charge on any atom is -0.497 e. The van der Waals surface area contributed by atoms with Crippen molar-refractivity contribution in [1.82, 2.24) is 0 Å². The fourth-order valence-corrected chi connectivity index (χ4v) is 1.56. The lowest BCUT2D eigenvalue weighted by molar-refractivity contribution is 0.134. The van der Waals surface area contributed by atoms with Gasteiger partial charge in [-0.15, -0.1) is 0 Å². The van der Waals surface area contributed by atoms with Crippen LogP contribution in [0.3, 0.4) is 0 Å². The number of benzene rings is 1. The van der Waals surface area contributed by atoms with Crippen molar-refractivity contribution in [3.8, 4) is 11.5 Å². The van der Waals surface area contributed by atoms with E-state index in [1.165, 1.54) is 0 Å². The summed E-state index contributed by atoms with van der Waals surface area (Å²) in [6, 6.07) is 5.72. The van der Waals surface area contributed by atoms with Crippen LogP contribution in [0, 0.1) is 5.92 Å². The van der Waals surface area contributed by atoms with Gasteiger partial charge in [0, 0.05) is 0 Å². The van der Waals surface area contributed by atoms with Crippen LogP contribution in [0.5, 0.6) is 11.5 Å². The first-order valence-electron chi connectivity index (χ1n) is 5.47. The Balaban J connectivity index is 2.91. The molecule has 0 aliphatic carbocycles. The Morgan fingerprint density at radius 1 is 1.19 bits per heavy atom. The van der Waals surface area contributed by atoms with Crippen molar-refractivity contribution in [2.75, 3.05) is 14.2 Å². The maximum Gasteiger partial charge on any atom is 0.122 e. The lowest BCUT2D eigenvalue weighted by Crippen LogP contribution is -2.15. The molecule has 0 aliphatic heterocycles. The summed E-state index contributed by atoms with van der Waals surface area (Å²) in [5, 5.41) is 9.50. The van der Waals surface area contributed by atoms with Crippen LogP contribution < -0.4 is 9.47 Å². The summed E-state index contributed by atoms with van der Waals surface area (Å²) in [4.78, 5) is 0. The van der Waals surface area contributed by atoms with E-state index >= 15 is 0 Å². The van der Waals surface area contributed by atoms with Crippen molar-refractivity contribution in [2.45, 2.75) is 26.4 Å². The van der Waals surface area contributed by atoms with E-state index in [1.54, 1.807) is 21.1 Å². The molecule has 3 nitrogen and oxygen atoms in total. The Hall–Kier alpha value is -1.22. The maximum atomic E-state index is 9.50. The van der Waals surface area contributed by atoms with Crippen LogP contribution in [0.15, 0.2) is 18.2 Å². The minimum absolute atomic E-state index is 0.195. The lowest BCUT2D eigenvalue weighted by Gasteiger charge is -2.17. The molecule has 3 heteroatoms. The van der Waals surface area contributed by atoms with Gasteiger partial charge in [-0.1, -0.05) is 6.92 Å². The smallest absolute Gasteiger partial charge is 0.122 e. The van der Waals surface area contributed by atoms with Crippen LogP contribution in [-0.2, 0) is 6.42 Å². The second kappa shape index (κ2) is 5.75. The molecule has 2 atom stereocenters. The highest BCUT2D eigenvalue weighted by Gasteiger charge is 2.13. The first kappa shape index (κ1) is 12.8. The minimum atomic E-state index is -0.323. The quantitative estimate of drug-likeness (QED) is 0.833. The summed E-state index contributed by atoms with van der Waals surface area (Å²) >= 11 is 0. The number of hydrogen-bond donors (Lipinski definition) is 1. The second-order valence-electron chi connectivity index (χ2n) is 4.10. The first-order valence-corrected chi connectivity index (χ1v) is 5.47. The number of ether oxygens (including phenoxy) is 2. The van der Waals surface area contributed by atoms with Crippen LogP contribution in [0.25, 0.3) is 0 Å². The molecule has 1 rings (SSSR count). The zero-order chi connectivity index (χ0) is 12.1. The second-order valence-corrected chi connectivity index (χ2v) is 4.10. The van der Waals surface area contributed by atoms with Gasteiger partial charge in [0.25, 0.3) is 0 Å². The van der Waals surface area contributed by atoms with Gasteiger partial charge in [0.1, 0.15) is 11.5 Å². The molecule has 1 aromatic rings. The maximum absolute atomic E-state index is 9.50. The van der Waals surface area contributed by atoms with Gasteiger partial charge in [-0.25, -0.2) is 0 Å². The first-order chi connectivity index (χ1) is 7.58. The molecule has 0 fully saturated rings. The summed E-state index contributed by atoms with van der Waals surface area (Å²) in [5.74, 6) is 1.85. The topological polar surface area (TPSA) is 38.7 Å². The van der Waals surface area contributed by atoms with E-state index < -0.39 is 0 Å². The molecule has 0 saturated carbocycles. The number of aliphatic hydroxyl groups is 1. The van der Waals surface area contributed by atoms with Gasteiger partial charge >= 0.3 is 0 Å². The molecule has 0 aromatic heterocycles. The molecule has 0 saturated heterocycles. The average Bonchev–Trinajstić information content (AvgIpc) is 2.28. The van der Waals surface area contributed by atoms with Crippen molar-refractivity contribution in [1.29, 1.82) is 0 Å². The SMILES string of the molecule is COc1ccc(OC)c(CC(C)C(C)O)c1. The van der Waals surface area contributed by atoms with Gasteiger partial charge in [0.2, 0.25) is 0 Å². The van der Waals surface area contributed by atoms with Crippen LogP contribution in [0.4, 0.5) is 0 Å². The molecule has 0 bridgehead atoms. The van der Waals surface area contributed by atoms with Crippen molar-refractivity contribution >= 4 is 0 Å². The number of methoxy groups -OCH3 is 2. The largest absolute Gasteiger partial charge is 0.497 e. The molecular weight excluding hydrogens is 204 g/mol. The highest BCUT2D eigenvalue weighted by molar-refractivity contribution is 5.40. The molecule has 1 aromatic carbocycles. The predicted molar refractivity (Wildman–Crippen MR) is 64.1 cm³/mol. The van der Waals surface area contributed by atoms with Gasteiger partial charge in [-0.05, 0) is 43.0 Å². The summed E-state index contributed by atoms with van der Waals surface area (Å²) in [6.07, 6.45) is 0.453. The third-order valence-electron chi connectivity index (χ3n) is 2.85. The fourth-order valence-electron chi connectivity index (χ4n) is 1.56. The van der Waals surface area contributed by atoms with Crippen LogP contribution in [0.2, 0.25) is 0 Å². The van der Waals surface area contributed by atoms with E-state index in [4.69, 9.17) is 9.47 Å². The van der Waals surface area contributed by atoms with Gasteiger partial charge in [-0.3, -0.25) is 0 Å². The van der Waals surface area contributed by atoms with Gasteiger partial charge in [-0.2, -0.15) is 0 Å². The number of aliphatic hydroxyl groups excluding tert-OH is 1. The summed E-state index contributed by atoms with van der Waals surface area (Å²) < 4.78 is 10.5. The van der Waals surface area contributed by atoms with Gasteiger partial charge < -0.3 is 14.6 Å². The van der Waals surface area contributed by atoms with E-state index in [9.17, 15) is 5.11 Å². The monoisotopic (exact) mass is 224 g/mol. The van der Waals surface area contributed by atoms with Crippen LogP contribution >= 0.6 is 0 Å². The molecule has 0 heterocycles. The normalized spacial score (nSPS) is 14.3. The zero-order valence-corrected chi connectivity index (χ0v) is 10.4. The standard InChI is InChI=1S/C13H20O3/c1-9(10(2)14)7-11-8-12(15-3)5-6-13(11)16-4/h5-6,8-10,14H,7H2,1-4H3. The van der Waals surface area contributed by atoms with E-state index in [1.807, 2.05) is 25.1 Å². The van der Waals surface area contributed by atoms with Crippen molar-refractivity contribution in [3.63, 3.8) is 0 Å². The molecule has 1 N–H and O–H groups in total. The Bertz CT molecular complexity index is 334. The Morgan fingerprint density at radius 2 is 1.88 bits per heavy atom. The molecule has 2 unspecified atom stereocenters. The highest BCUT2D eigenvalue weighted by atomic mass is 16.5.